The molecule has 4 nitrogen and oxygen atoms in total. The lowest BCUT2D eigenvalue weighted by Crippen LogP contribution is -2.16. The number of anilines is 2. The van der Waals surface area contributed by atoms with Gasteiger partial charge >= 0.3 is 0 Å². The number of nitrogen functional groups attached to an aromatic ring is 1. The number of nitrogens with two attached hydrogens (primary N) is 1. The lowest BCUT2D eigenvalue weighted by Gasteiger charge is -2.23. The van der Waals surface area contributed by atoms with Gasteiger partial charge in [0, 0.05) is 30.9 Å². The second-order valence-corrected chi connectivity index (χ2v) is 5.86. The van der Waals surface area contributed by atoms with E-state index in [1.165, 1.54) is 5.56 Å². The van der Waals surface area contributed by atoms with Gasteiger partial charge in [-0.1, -0.05) is 30.3 Å². The fourth-order valence-electron chi connectivity index (χ4n) is 2.88. The third-order valence-corrected chi connectivity index (χ3v) is 4.27. The number of hydrogen-bond acceptors (Lipinski definition) is 4. The number of benzene rings is 1. The molecule has 1 atom stereocenters. The summed E-state index contributed by atoms with van der Waals surface area (Å²) in [7, 11) is 0. The standard InChI is InChI=1S/C18H23N3O/c1-13(14-5-3-2-4-6-14)21-18-11-17(20-12-16(18)19)15-7-9-22-10-8-15/h2-6,11-13,15H,7-10,19H2,1H3,(H,20,21). The minimum Gasteiger partial charge on any atom is -0.396 e. The van der Waals surface area contributed by atoms with Gasteiger partial charge in [-0.05, 0) is 31.4 Å². The Hall–Kier alpha value is -2.07. The molecule has 0 bridgehead atoms. The van der Waals surface area contributed by atoms with Crippen LogP contribution in [0, 0.1) is 0 Å². The summed E-state index contributed by atoms with van der Waals surface area (Å²) in [6.45, 7) is 3.78. The first-order valence-corrected chi connectivity index (χ1v) is 7.88. The zero-order valence-electron chi connectivity index (χ0n) is 13.0. The van der Waals surface area contributed by atoms with E-state index in [1.54, 1.807) is 6.20 Å². The number of nitrogens with zero attached hydrogens (tertiary/aromatic N) is 1. The van der Waals surface area contributed by atoms with E-state index >= 15 is 0 Å². The lowest BCUT2D eigenvalue weighted by atomic mass is 9.95. The predicted molar refractivity (Wildman–Crippen MR) is 89.9 cm³/mol. The van der Waals surface area contributed by atoms with Gasteiger partial charge in [0.2, 0.25) is 0 Å². The van der Waals surface area contributed by atoms with Crippen molar-refractivity contribution >= 4 is 11.4 Å². The summed E-state index contributed by atoms with van der Waals surface area (Å²) in [5.41, 5.74) is 10.1. The molecule has 0 radical (unpaired) electrons. The van der Waals surface area contributed by atoms with E-state index in [2.05, 4.69) is 47.6 Å². The van der Waals surface area contributed by atoms with Crippen LogP contribution in [0.3, 0.4) is 0 Å². The molecule has 1 aliphatic heterocycles. The van der Waals surface area contributed by atoms with Crippen LogP contribution in [-0.4, -0.2) is 18.2 Å². The van der Waals surface area contributed by atoms with Gasteiger partial charge in [0.1, 0.15) is 0 Å². The highest BCUT2D eigenvalue weighted by Crippen LogP contribution is 2.30. The first-order valence-electron chi connectivity index (χ1n) is 7.88. The van der Waals surface area contributed by atoms with Gasteiger partial charge in [-0.3, -0.25) is 4.98 Å². The van der Waals surface area contributed by atoms with Crippen LogP contribution in [0.15, 0.2) is 42.6 Å². The smallest absolute Gasteiger partial charge is 0.0736 e. The summed E-state index contributed by atoms with van der Waals surface area (Å²) < 4.78 is 5.43. The molecular weight excluding hydrogens is 274 g/mol. The van der Waals surface area contributed by atoms with E-state index in [9.17, 15) is 0 Å². The highest BCUT2D eigenvalue weighted by Gasteiger charge is 2.18. The number of ether oxygens (including phenoxy) is 1. The number of aromatic nitrogens is 1. The van der Waals surface area contributed by atoms with Crippen molar-refractivity contribution in [3.8, 4) is 0 Å². The Morgan fingerprint density at radius 2 is 1.95 bits per heavy atom. The first kappa shape index (κ1) is 14.9. The highest BCUT2D eigenvalue weighted by atomic mass is 16.5. The van der Waals surface area contributed by atoms with Crippen molar-refractivity contribution < 1.29 is 4.74 Å². The minimum absolute atomic E-state index is 0.202. The largest absolute Gasteiger partial charge is 0.396 e. The summed E-state index contributed by atoms with van der Waals surface area (Å²) in [5.74, 6) is 0.474. The summed E-state index contributed by atoms with van der Waals surface area (Å²) in [4.78, 5) is 4.52. The molecule has 22 heavy (non-hydrogen) atoms. The van der Waals surface area contributed by atoms with Gasteiger partial charge in [-0.15, -0.1) is 0 Å². The Kier molecular flexibility index (Phi) is 4.59. The van der Waals surface area contributed by atoms with Crippen LogP contribution in [-0.2, 0) is 4.74 Å². The highest BCUT2D eigenvalue weighted by molar-refractivity contribution is 5.66. The van der Waals surface area contributed by atoms with Crippen molar-refractivity contribution in [2.24, 2.45) is 0 Å². The number of pyridine rings is 1. The molecule has 3 N–H and O–H groups in total. The van der Waals surface area contributed by atoms with Crippen LogP contribution in [0.2, 0.25) is 0 Å². The maximum atomic E-state index is 6.10. The van der Waals surface area contributed by atoms with E-state index in [0.29, 0.717) is 11.6 Å². The Morgan fingerprint density at radius 3 is 2.68 bits per heavy atom. The average molecular weight is 297 g/mol. The molecule has 116 valence electrons. The van der Waals surface area contributed by atoms with Crippen LogP contribution in [0.5, 0.6) is 0 Å². The Morgan fingerprint density at radius 1 is 1.23 bits per heavy atom. The molecule has 1 saturated heterocycles. The topological polar surface area (TPSA) is 60.2 Å². The molecule has 4 heteroatoms. The molecule has 1 aromatic carbocycles. The Bertz CT molecular complexity index is 609. The summed E-state index contributed by atoms with van der Waals surface area (Å²) in [6, 6.07) is 12.7. The van der Waals surface area contributed by atoms with E-state index < -0.39 is 0 Å². The van der Waals surface area contributed by atoms with Crippen LogP contribution >= 0.6 is 0 Å². The van der Waals surface area contributed by atoms with Crippen molar-refractivity contribution in [1.29, 1.82) is 0 Å². The second-order valence-electron chi connectivity index (χ2n) is 5.86. The SMILES string of the molecule is CC(Nc1cc(C2CCOCC2)ncc1N)c1ccccc1. The van der Waals surface area contributed by atoms with Crippen molar-refractivity contribution in [3.63, 3.8) is 0 Å². The average Bonchev–Trinajstić information content (AvgIpc) is 2.58. The van der Waals surface area contributed by atoms with Gasteiger partial charge in [0.05, 0.1) is 17.6 Å². The third kappa shape index (κ3) is 3.39. The van der Waals surface area contributed by atoms with E-state index in [4.69, 9.17) is 10.5 Å². The molecule has 2 heterocycles. The molecule has 1 aliphatic rings. The Balaban J connectivity index is 1.77. The van der Waals surface area contributed by atoms with E-state index in [0.717, 1.165) is 37.4 Å². The monoisotopic (exact) mass is 297 g/mol. The van der Waals surface area contributed by atoms with Crippen molar-refractivity contribution in [2.45, 2.75) is 31.7 Å². The fraction of sp³-hybridized carbons (Fsp3) is 0.389. The van der Waals surface area contributed by atoms with Gasteiger partial charge < -0.3 is 15.8 Å². The zero-order valence-corrected chi connectivity index (χ0v) is 13.0. The summed E-state index contributed by atoms with van der Waals surface area (Å²) in [5, 5.41) is 3.51. The van der Waals surface area contributed by atoms with Crippen LogP contribution in [0.4, 0.5) is 11.4 Å². The quantitative estimate of drug-likeness (QED) is 0.902. The van der Waals surface area contributed by atoms with Gasteiger partial charge in [-0.2, -0.15) is 0 Å². The molecule has 3 rings (SSSR count). The Labute approximate surface area is 131 Å². The third-order valence-electron chi connectivity index (χ3n) is 4.27. The van der Waals surface area contributed by atoms with Crippen LogP contribution in [0.1, 0.15) is 43.0 Å². The minimum atomic E-state index is 0.202. The summed E-state index contributed by atoms with van der Waals surface area (Å²) >= 11 is 0. The second kappa shape index (κ2) is 6.79. The van der Waals surface area contributed by atoms with E-state index in [1.807, 2.05) is 6.07 Å². The van der Waals surface area contributed by atoms with Crippen molar-refractivity contribution in [2.75, 3.05) is 24.3 Å². The first-order chi connectivity index (χ1) is 10.7. The van der Waals surface area contributed by atoms with E-state index in [-0.39, 0.29) is 6.04 Å². The van der Waals surface area contributed by atoms with Crippen LogP contribution < -0.4 is 11.1 Å². The maximum Gasteiger partial charge on any atom is 0.0736 e. The zero-order chi connectivity index (χ0) is 15.4. The molecule has 0 aliphatic carbocycles. The molecule has 2 aromatic rings. The normalized spacial score (nSPS) is 17.1. The van der Waals surface area contributed by atoms with Crippen molar-refractivity contribution in [3.05, 3.63) is 53.9 Å². The molecular formula is C18H23N3O. The van der Waals surface area contributed by atoms with Gasteiger partial charge in [0.25, 0.3) is 0 Å². The molecule has 0 amide bonds. The molecule has 1 fully saturated rings. The number of rotatable bonds is 4. The van der Waals surface area contributed by atoms with Gasteiger partial charge in [0.15, 0.2) is 0 Å². The van der Waals surface area contributed by atoms with Gasteiger partial charge in [-0.25, -0.2) is 0 Å². The number of hydrogen-bond donors (Lipinski definition) is 2. The molecule has 0 saturated carbocycles. The number of nitrogens with one attached hydrogen (secondary N) is 1. The van der Waals surface area contributed by atoms with Crippen LogP contribution in [0.25, 0.3) is 0 Å². The maximum absolute atomic E-state index is 6.10. The lowest BCUT2D eigenvalue weighted by molar-refractivity contribution is 0.0845. The molecule has 1 aromatic heterocycles. The van der Waals surface area contributed by atoms with Crippen molar-refractivity contribution in [1.82, 2.24) is 4.98 Å². The predicted octanol–water partition coefficient (Wildman–Crippen LogP) is 3.73. The fourth-order valence-corrected chi connectivity index (χ4v) is 2.88. The molecule has 0 spiro atoms. The summed E-state index contributed by atoms with van der Waals surface area (Å²) in [6.07, 6.45) is 3.83. The molecule has 1 unspecified atom stereocenters.